The molecular weight excluding hydrogens is 468 g/mol. The summed E-state index contributed by atoms with van der Waals surface area (Å²) in [4.78, 5) is 12.5. The molecule has 0 aromatic heterocycles. The van der Waals surface area contributed by atoms with Crippen molar-refractivity contribution in [1.29, 1.82) is 0 Å². The molecule has 1 aliphatic rings. The highest BCUT2D eigenvalue weighted by atomic mass is 32.2. The number of aromatic hydroxyl groups is 5. The molecule has 0 fully saturated rings. The zero-order valence-corrected chi connectivity index (χ0v) is 18.5. The van der Waals surface area contributed by atoms with Crippen molar-refractivity contribution in [1.82, 2.24) is 0 Å². The smallest absolute Gasteiger partial charge is 0.338 e. The Morgan fingerprint density at radius 3 is 2.29 bits per heavy atom. The zero-order chi connectivity index (χ0) is 24.8. The van der Waals surface area contributed by atoms with Gasteiger partial charge in [0.05, 0.1) is 5.56 Å². The second-order valence-electron chi connectivity index (χ2n) is 7.83. The number of carbonyl (C=O) groups is 1. The molecular formula is C23H20O10S. The van der Waals surface area contributed by atoms with Crippen LogP contribution >= 0.6 is 0 Å². The molecule has 1 heterocycles. The molecule has 34 heavy (non-hydrogen) atoms. The number of hydrogen-bond acceptors (Lipinski definition) is 10. The molecule has 3 aromatic rings. The maximum atomic E-state index is 12.8. The highest BCUT2D eigenvalue weighted by molar-refractivity contribution is 7.90. The first kappa shape index (κ1) is 23.1. The number of rotatable bonds is 4. The third-order valence-electron chi connectivity index (χ3n) is 5.35. The number of ether oxygens (including phenoxy) is 2. The summed E-state index contributed by atoms with van der Waals surface area (Å²) in [5.41, 5.74) is 0.472. The fraction of sp³-hybridized carbons (Fsp3) is 0.174. The molecule has 0 radical (unpaired) electrons. The molecule has 0 saturated heterocycles. The van der Waals surface area contributed by atoms with Gasteiger partial charge in [-0.2, -0.15) is 0 Å². The van der Waals surface area contributed by atoms with Crippen LogP contribution in [-0.2, 0) is 21.0 Å². The van der Waals surface area contributed by atoms with E-state index in [1.165, 1.54) is 30.3 Å². The van der Waals surface area contributed by atoms with Crippen molar-refractivity contribution in [3.05, 3.63) is 65.2 Å². The minimum Gasteiger partial charge on any atom is -0.508 e. The van der Waals surface area contributed by atoms with E-state index in [-0.39, 0.29) is 45.4 Å². The Hall–Kier alpha value is -4.12. The topological polar surface area (TPSA) is 171 Å². The summed E-state index contributed by atoms with van der Waals surface area (Å²) < 4.78 is 34.9. The van der Waals surface area contributed by atoms with Gasteiger partial charge in [0.15, 0.2) is 27.4 Å². The van der Waals surface area contributed by atoms with Crippen molar-refractivity contribution in [2.24, 2.45) is 0 Å². The lowest BCUT2D eigenvalue weighted by atomic mass is 9.93. The third-order valence-corrected chi connectivity index (χ3v) is 6.49. The Morgan fingerprint density at radius 2 is 1.65 bits per heavy atom. The molecule has 11 heteroatoms. The maximum Gasteiger partial charge on any atom is 0.338 e. The van der Waals surface area contributed by atoms with Crippen molar-refractivity contribution in [2.75, 3.05) is 6.26 Å². The van der Waals surface area contributed by atoms with Crippen molar-refractivity contribution in [3.63, 3.8) is 0 Å². The molecule has 0 saturated carbocycles. The molecule has 0 bridgehead atoms. The van der Waals surface area contributed by atoms with E-state index in [4.69, 9.17) is 9.47 Å². The Morgan fingerprint density at radius 1 is 0.912 bits per heavy atom. The lowest BCUT2D eigenvalue weighted by molar-refractivity contribution is -0.0188. The van der Waals surface area contributed by atoms with Gasteiger partial charge in [-0.3, -0.25) is 0 Å². The summed E-state index contributed by atoms with van der Waals surface area (Å²) in [7, 11) is -3.71. The number of esters is 1. The van der Waals surface area contributed by atoms with Crippen LogP contribution in [-0.4, -0.2) is 52.3 Å². The zero-order valence-electron chi connectivity index (χ0n) is 17.7. The Bertz CT molecular complexity index is 1400. The van der Waals surface area contributed by atoms with Gasteiger partial charge in [-0.15, -0.1) is 0 Å². The first-order chi connectivity index (χ1) is 15.9. The van der Waals surface area contributed by atoms with Gasteiger partial charge in [0.1, 0.15) is 34.0 Å². The third kappa shape index (κ3) is 4.37. The molecule has 5 N–H and O–H groups in total. The summed E-state index contributed by atoms with van der Waals surface area (Å²) in [6.45, 7) is 0. The highest BCUT2D eigenvalue weighted by Gasteiger charge is 2.37. The summed E-state index contributed by atoms with van der Waals surface area (Å²) in [5.74, 6) is -2.72. The van der Waals surface area contributed by atoms with Crippen molar-refractivity contribution >= 4 is 15.8 Å². The number of hydrogen-bond donors (Lipinski definition) is 5. The fourth-order valence-electron chi connectivity index (χ4n) is 3.71. The van der Waals surface area contributed by atoms with Crippen LogP contribution in [0.15, 0.2) is 53.4 Å². The van der Waals surface area contributed by atoms with Crippen LogP contribution in [0, 0.1) is 0 Å². The standard InChI is InChI=1S/C23H20O10S/c1-34(30,31)21-5-3-12(7-18(21)28)23(29)33-20-10-14-16(26)8-13(24)9-19(14)32-22(20)11-2-4-15(25)17(27)6-11/h2-9,20,22,24-28H,10H2,1H3/t20?,22-/m0/s1. The lowest BCUT2D eigenvalue weighted by Gasteiger charge is -2.34. The van der Waals surface area contributed by atoms with Crippen LogP contribution < -0.4 is 4.74 Å². The molecule has 10 nitrogen and oxygen atoms in total. The average molecular weight is 488 g/mol. The molecule has 3 aromatic carbocycles. The molecule has 0 aliphatic carbocycles. The van der Waals surface area contributed by atoms with Crippen LogP contribution in [0.3, 0.4) is 0 Å². The van der Waals surface area contributed by atoms with Crippen molar-refractivity contribution < 1.29 is 48.2 Å². The highest BCUT2D eigenvalue weighted by Crippen LogP contribution is 2.44. The fourth-order valence-corrected chi connectivity index (χ4v) is 4.47. The van der Waals surface area contributed by atoms with E-state index in [1.807, 2.05) is 0 Å². The number of fused-ring (bicyclic) bond motifs is 1. The summed E-state index contributed by atoms with van der Waals surface area (Å²) in [6.07, 6.45) is -1.17. The van der Waals surface area contributed by atoms with Gasteiger partial charge in [0, 0.05) is 35.9 Å². The van der Waals surface area contributed by atoms with Gasteiger partial charge in [-0.25, -0.2) is 13.2 Å². The largest absolute Gasteiger partial charge is 0.508 e. The molecule has 0 amide bonds. The summed E-state index contributed by atoms with van der Waals surface area (Å²) >= 11 is 0. The molecule has 4 rings (SSSR count). The molecule has 1 aliphatic heterocycles. The van der Waals surface area contributed by atoms with Crippen LogP contribution in [0.4, 0.5) is 0 Å². The number of phenolic OH excluding ortho intramolecular Hbond substituents is 5. The van der Waals surface area contributed by atoms with Gasteiger partial charge in [0.25, 0.3) is 0 Å². The van der Waals surface area contributed by atoms with Crippen LogP contribution in [0.2, 0.25) is 0 Å². The molecule has 2 atom stereocenters. The lowest BCUT2D eigenvalue weighted by Crippen LogP contribution is -2.34. The predicted molar refractivity (Wildman–Crippen MR) is 117 cm³/mol. The van der Waals surface area contributed by atoms with Crippen molar-refractivity contribution in [3.8, 4) is 34.5 Å². The van der Waals surface area contributed by atoms with E-state index < -0.39 is 39.5 Å². The van der Waals surface area contributed by atoms with Crippen LogP contribution in [0.25, 0.3) is 0 Å². The van der Waals surface area contributed by atoms with Crippen LogP contribution in [0.5, 0.6) is 34.5 Å². The van der Waals surface area contributed by atoms with Gasteiger partial charge < -0.3 is 35.0 Å². The summed E-state index contributed by atoms with van der Waals surface area (Å²) in [5, 5.41) is 49.6. The second-order valence-corrected chi connectivity index (χ2v) is 9.81. The van der Waals surface area contributed by atoms with E-state index in [2.05, 4.69) is 0 Å². The monoisotopic (exact) mass is 488 g/mol. The van der Waals surface area contributed by atoms with Gasteiger partial charge >= 0.3 is 5.97 Å². The Kier molecular flexibility index (Phi) is 5.65. The van der Waals surface area contributed by atoms with E-state index in [0.29, 0.717) is 5.56 Å². The Balaban J connectivity index is 1.70. The van der Waals surface area contributed by atoms with E-state index in [9.17, 15) is 38.7 Å². The first-order valence-electron chi connectivity index (χ1n) is 9.91. The van der Waals surface area contributed by atoms with Gasteiger partial charge in [0.2, 0.25) is 0 Å². The maximum absolute atomic E-state index is 12.8. The van der Waals surface area contributed by atoms with Crippen LogP contribution in [0.1, 0.15) is 27.6 Å². The summed E-state index contributed by atoms with van der Waals surface area (Å²) in [6, 6.07) is 9.52. The Labute approximate surface area is 193 Å². The first-order valence-corrected chi connectivity index (χ1v) is 11.8. The van der Waals surface area contributed by atoms with E-state index >= 15 is 0 Å². The minimum atomic E-state index is -3.71. The number of phenols is 5. The predicted octanol–water partition coefficient (Wildman–Crippen LogP) is 2.52. The van der Waals surface area contributed by atoms with E-state index in [0.717, 1.165) is 24.5 Å². The normalized spacial score (nSPS) is 17.4. The number of carbonyl (C=O) groups excluding carboxylic acids is 1. The average Bonchev–Trinajstić information content (AvgIpc) is 2.74. The van der Waals surface area contributed by atoms with Crippen molar-refractivity contribution in [2.45, 2.75) is 23.5 Å². The quantitative estimate of drug-likeness (QED) is 0.271. The number of benzene rings is 3. The number of sulfone groups is 1. The minimum absolute atomic E-state index is 0.0348. The van der Waals surface area contributed by atoms with Gasteiger partial charge in [-0.1, -0.05) is 6.07 Å². The second kappa shape index (κ2) is 8.34. The molecule has 178 valence electrons. The SMILES string of the molecule is CS(=O)(=O)c1ccc(C(=O)OC2Cc3c(O)cc(O)cc3O[C@H]2c2ccc(O)c(O)c2)cc1O. The van der Waals surface area contributed by atoms with Gasteiger partial charge in [-0.05, 0) is 30.3 Å². The molecule has 0 spiro atoms. The molecule has 1 unspecified atom stereocenters. The van der Waals surface area contributed by atoms with E-state index in [1.54, 1.807) is 0 Å².